The van der Waals surface area contributed by atoms with Crippen molar-refractivity contribution in [3.63, 3.8) is 0 Å². The van der Waals surface area contributed by atoms with E-state index in [9.17, 15) is 4.39 Å². The van der Waals surface area contributed by atoms with Crippen molar-refractivity contribution in [1.82, 2.24) is 0 Å². The second-order valence-electron chi connectivity index (χ2n) is 4.14. The number of alkyl halides is 1. The third-order valence-corrected chi connectivity index (χ3v) is 3.69. The number of hydrogen-bond donors (Lipinski definition) is 0. The predicted octanol–water partition coefficient (Wildman–Crippen LogP) is 4.91. The van der Waals surface area contributed by atoms with E-state index < -0.39 is 0 Å². The lowest BCUT2D eigenvalue weighted by atomic mass is 10.2. The Morgan fingerprint density at radius 3 is 2.65 bits per heavy atom. The minimum atomic E-state index is -0.295. The fourth-order valence-corrected chi connectivity index (χ4v) is 2.34. The summed E-state index contributed by atoms with van der Waals surface area (Å²) in [7, 11) is 1.59. The third kappa shape index (κ3) is 3.64. The maximum absolute atomic E-state index is 13.2. The summed E-state index contributed by atoms with van der Waals surface area (Å²) in [5.41, 5.74) is 1.75. The molecule has 2 rings (SSSR count). The molecule has 2 aromatic carbocycles. The first-order chi connectivity index (χ1) is 9.63. The van der Waals surface area contributed by atoms with E-state index in [1.807, 2.05) is 12.1 Å². The van der Waals surface area contributed by atoms with Gasteiger partial charge in [0.1, 0.15) is 23.9 Å². The zero-order valence-electron chi connectivity index (χ0n) is 10.8. The average Bonchev–Trinajstić information content (AvgIpc) is 2.48. The van der Waals surface area contributed by atoms with E-state index in [4.69, 9.17) is 21.1 Å². The minimum absolute atomic E-state index is 0.295. The van der Waals surface area contributed by atoms with Crippen LogP contribution in [0.1, 0.15) is 11.1 Å². The third-order valence-electron chi connectivity index (χ3n) is 2.80. The molecular formula is C15H13BrClFO2. The Labute approximate surface area is 130 Å². The van der Waals surface area contributed by atoms with Crippen molar-refractivity contribution in [2.24, 2.45) is 0 Å². The Morgan fingerprint density at radius 2 is 2.00 bits per heavy atom. The van der Waals surface area contributed by atoms with Gasteiger partial charge in [-0.25, -0.2) is 4.39 Å². The van der Waals surface area contributed by atoms with Crippen LogP contribution in [-0.2, 0) is 12.5 Å². The van der Waals surface area contributed by atoms with Crippen molar-refractivity contribution in [2.75, 3.05) is 7.11 Å². The Hall–Kier alpha value is -1.26. The molecule has 0 aliphatic rings. The van der Waals surface area contributed by atoms with Crippen molar-refractivity contribution in [3.8, 4) is 11.5 Å². The summed E-state index contributed by atoms with van der Waals surface area (Å²) >= 11 is 9.03. The van der Waals surface area contributed by atoms with Gasteiger partial charge in [0, 0.05) is 11.6 Å². The van der Waals surface area contributed by atoms with Crippen LogP contribution in [0.4, 0.5) is 4.39 Å². The van der Waals surface area contributed by atoms with E-state index in [2.05, 4.69) is 15.9 Å². The summed E-state index contributed by atoms with van der Waals surface area (Å²) in [5.74, 6) is 1.43. The highest BCUT2D eigenvalue weighted by Crippen LogP contribution is 2.27. The molecule has 106 valence electrons. The molecule has 0 bridgehead atoms. The molecule has 2 aromatic rings. The van der Waals surface area contributed by atoms with Gasteiger partial charge in [0.15, 0.2) is 0 Å². The molecular weight excluding hydrogens is 347 g/mol. The van der Waals surface area contributed by atoms with Gasteiger partial charge >= 0.3 is 0 Å². The van der Waals surface area contributed by atoms with Crippen LogP contribution in [-0.4, -0.2) is 7.11 Å². The Bertz CT molecular complexity index is 604. The monoisotopic (exact) mass is 358 g/mol. The van der Waals surface area contributed by atoms with Gasteiger partial charge in [0.05, 0.1) is 17.5 Å². The van der Waals surface area contributed by atoms with E-state index in [-0.39, 0.29) is 5.82 Å². The molecule has 0 spiro atoms. The number of rotatable bonds is 5. The first kappa shape index (κ1) is 15.1. The molecule has 0 atom stereocenters. The van der Waals surface area contributed by atoms with Gasteiger partial charge in [-0.05, 0) is 39.7 Å². The highest BCUT2D eigenvalue weighted by atomic mass is 79.9. The van der Waals surface area contributed by atoms with E-state index in [1.165, 1.54) is 6.07 Å². The lowest BCUT2D eigenvalue weighted by Gasteiger charge is -2.12. The molecule has 0 aliphatic heterocycles. The summed E-state index contributed by atoms with van der Waals surface area (Å²) in [6.07, 6.45) is 0. The molecule has 0 aliphatic carbocycles. The van der Waals surface area contributed by atoms with Crippen LogP contribution in [0.3, 0.4) is 0 Å². The zero-order chi connectivity index (χ0) is 14.5. The largest absolute Gasteiger partial charge is 0.497 e. The van der Waals surface area contributed by atoms with Crippen LogP contribution in [0.15, 0.2) is 40.9 Å². The first-order valence-corrected chi connectivity index (χ1v) is 7.26. The molecule has 5 heteroatoms. The lowest BCUT2D eigenvalue weighted by molar-refractivity contribution is 0.301. The summed E-state index contributed by atoms with van der Waals surface area (Å²) in [4.78, 5) is 0. The molecule has 0 aromatic heterocycles. The Kier molecular flexibility index (Phi) is 5.26. The van der Waals surface area contributed by atoms with Crippen LogP contribution in [0.2, 0.25) is 0 Å². The Morgan fingerprint density at radius 1 is 1.20 bits per heavy atom. The number of methoxy groups -OCH3 is 1. The van der Waals surface area contributed by atoms with Gasteiger partial charge in [-0.2, -0.15) is 0 Å². The van der Waals surface area contributed by atoms with Crippen LogP contribution in [0, 0.1) is 5.82 Å². The summed E-state index contributed by atoms with van der Waals surface area (Å²) in [6, 6.07) is 10.3. The van der Waals surface area contributed by atoms with Crippen LogP contribution < -0.4 is 9.47 Å². The predicted molar refractivity (Wildman–Crippen MR) is 81.0 cm³/mol. The van der Waals surface area contributed by atoms with Gasteiger partial charge in [0.2, 0.25) is 0 Å². The van der Waals surface area contributed by atoms with Crippen LogP contribution in [0.25, 0.3) is 0 Å². The second kappa shape index (κ2) is 6.95. The zero-order valence-corrected chi connectivity index (χ0v) is 13.2. The first-order valence-electron chi connectivity index (χ1n) is 5.93. The fraction of sp³-hybridized carbons (Fsp3) is 0.200. The van der Waals surface area contributed by atoms with Gasteiger partial charge in [-0.1, -0.05) is 12.1 Å². The number of halogens is 3. The molecule has 0 amide bonds. The van der Waals surface area contributed by atoms with Crippen molar-refractivity contribution >= 4 is 27.5 Å². The smallest absolute Gasteiger partial charge is 0.137 e. The molecule has 0 heterocycles. The summed E-state index contributed by atoms with van der Waals surface area (Å²) < 4.78 is 24.5. The molecule has 0 N–H and O–H groups in total. The van der Waals surface area contributed by atoms with Gasteiger partial charge in [-0.15, -0.1) is 11.6 Å². The standard InChI is InChI=1S/C15H13BrClFO2/c1-19-12-4-3-11(8-17)15(7-12)20-9-10-2-5-14(18)13(16)6-10/h2-7H,8-9H2,1H3. The maximum Gasteiger partial charge on any atom is 0.137 e. The fourth-order valence-electron chi connectivity index (χ4n) is 1.70. The van der Waals surface area contributed by atoms with E-state index in [0.717, 1.165) is 11.1 Å². The quantitative estimate of drug-likeness (QED) is 0.706. The highest BCUT2D eigenvalue weighted by molar-refractivity contribution is 9.10. The SMILES string of the molecule is COc1ccc(CCl)c(OCc2ccc(F)c(Br)c2)c1. The minimum Gasteiger partial charge on any atom is -0.497 e. The molecule has 2 nitrogen and oxygen atoms in total. The molecule has 0 saturated carbocycles. The highest BCUT2D eigenvalue weighted by Gasteiger charge is 2.07. The molecule has 0 radical (unpaired) electrons. The summed E-state index contributed by atoms with van der Waals surface area (Å²) in [6.45, 7) is 0.329. The van der Waals surface area contributed by atoms with E-state index in [0.29, 0.717) is 28.5 Å². The van der Waals surface area contributed by atoms with E-state index in [1.54, 1.807) is 25.3 Å². The van der Waals surface area contributed by atoms with Crippen molar-refractivity contribution in [2.45, 2.75) is 12.5 Å². The topological polar surface area (TPSA) is 18.5 Å². The van der Waals surface area contributed by atoms with Gasteiger partial charge < -0.3 is 9.47 Å². The lowest BCUT2D eigenvalue weighted by Crippen LogP contribution is -1.99. The van der Waals surface area contributed by atoms with Crippen molar-refractivity contribution in [3.05, 3.63) is 57.8 Å². The van der Waals surface area contributed by atoms with Crippen molar-refractivity contribution in [1.29, 1.82) is 0 Å². The number of benzene rings is 2. The molecule has 0 fully saturated rings. The molecule has 0 saturated heterocycles. The van der Waals surface area contributed by atoms with Crippen molar-refractivity contribution < 1.29 is 13.9 Å². The molecule has 0 unspecified atom stereocenters. The van der Waals surface area contributed by atoms with Crippen LogP contribution >= 0.6 is 27.5 Å². The second-order valence-corrected chi connectivity index (χ2v) is 5.27. The summed E-state index contributed by atoms with van der Waals surface area (Å²) in [5, 5.41) is 0. The normalized spacial score (nSPS) is 10.4. The van der Waals surface area contributed by atoms with Crippen LogP contribution in [0.5, 0.6) is 11.5 Å². The van der Waals surface area contributed by atoms with Gasteiger partial charge in [0.25, 0.3) is 0 Å². The maximum atomic E-state index is 13.2. The number of ether oxygens (including phenoxy) is 2. The average molecular weight is 360 g/mol. The van der Waals surface area contributed by atoms with E-state index >= 15 is 0 Å². The molecule has 20 heavy (non-hydrogen) atoms. The number of hydrogen-bond acceptors (Lipinski definition) is 2. The van der Waals surface area contributed by atoms with Gasteiger partial charge in [-0.3, -0.25) is 0 Å². The Balaban J connectivity index is 2.15.